The Morgan fingerprint density at radius 3 is 2.38 bits per heavy atom. The zero-order valence-corrected chi connectivity index (χ0v) is 9.84. The van der Waals surface area contributed by atoms with Gasteiger partial charge in [-0.1, -0.05) is 12.1 Å². The summed E-state index contributed by atoms with van der Waals surface area (Å²) in [5, 5.41) is 0. The Morgan fingerprint density at radius 2 is 1.75 bits per heavy atom. The van der Waals surface area contributed by atoms with E-state index in [1.807, 2.05) is 0 Å². The zero-order chi connectivity index (χ0) is 11.5. The Hall–Kier alpha value is -1.29. The highest BCUT2D eigenvalue weighted by Crippen LogP contribution is 2.17. The molecule has 82 valence electrons. The first-order valence-electron chi connectivity index (χ1n) is 4.69. The van der Waals surface area contributed by atoms with Gasteiger partial charge in [0.05, 0.1) is 4.47 Å². The summed E-state index contributed by atoms with van der Waals surface area (Å²) in [7, 11) is 0. The van der Waals surface area contributed by atoms with Crippen LogP contribution < -0.4 is 0 Å². The van der Waals surface area contributed by atoms with Crippen molar-refractivity contribution in [2.45, 2.75) is 6.42 Å². The number of pyridine rings is 1. The Kier molecular flexibility index (Phi) is 3.29. The van der Waals surface area contributed by atoms with Crippen LogP contribution in [0.5, 0.6) is 0 Å². The number of hydrogen-bond donors (Lipinski definition) is 0. The lowest BCUT2D eigenvalue weighted by Gasteiger charge is -2.02. The molecule has 0 radical (unpaired) electrons. The van der Waals surface area contributed by atoms with Crippen LogP contribution in [0.3, 0.4) is 0 Å². The second-order valence-corrected chi connectivity index (χ2v) is 4.27. The monoisotopic (exact) mass is 283 g/mol. The van der Waals surface area contributed by atoms with Crippen molar-refractivity contribution < 1.29 is 8.78 Å². The van der Waals surface area contributed by atoms with Crippen LogP contribution in [0.1, 0.15) is 11.1 Å². The predicted octanol–water partition coefficient (Wildman–Crippen LogP) is 3.71. The third-order valence-corrected chi connectivity index (χ3v) is 2.73. The molecule has 0 fully saturated rings. The summed E-state index contributed by atoms with van der Waals surface area (Å²) < 4.78 is 25.9. The fourth-order valence-electron chi connectivity index (χ4n) is 1.40. The van der Waals surface area contributed by atoms with Crippen LogP contribution in [0.15, 0.2) is 41.0 Å². The Bertz CT molecular complexity index is 497. The minimum Gasteiger partial charge on any atom is -0.227 e. The lowest BCUT2D eigenvalue weighted by Crippen LogP contribution is -1.92. The Labute approximate surface area is 100 Å². The van der Waals surface area contributed by atoms with Gasteiger partial charge in [0.2, 0.25) is 5.95 Å². The normalized spacial score (nSPS) is 10.4. The summed E-state index contributed by atoms with van der Waals surface area (Å²) >= 11 is 3.07. The number of halogens is 3. The maximum absolute atomic E-state index is 12.9. The maximum Gasteiger partial charge on any atom is 0.227 e. The van der Waals surface area contributed by atoms with Crippen LogP contribution in [0.2, 0.25) is 0 Å². The quantitative estimate of drug-likeness (QED) is 0.766. The summed E-state index contributed by atoms with van der Waals surface area (Å²) in [6.07, 6.45) is 2.08. The fraction of sp³-hybridized carbons (Fsp3) is 0.0833. The third-order valence-electron chi connectivity index (χ3n) is 2.17. The molecular formula is C12H8BrF2N. The van der Waals surface area contributed by atoms with Crippen molar-refractivity contribution in [1.29, 1.82) is 0 Å². The van der Waals surface area contributed by atoms with E-state index in [4.69, 9.17) is 0 Å². The van der Waals surface area contributed by atoms with Crippen molar-refractivity contribution in [1.82, 2.24) is 4.98 Å². The summed E-state index contributed by atoms with van der Waals surface area (Å²) in [4.78, 5) is 3.60. The number of nitrogens with zero attached hydrogens (tertiary/aromatic N) is 1. The summed E-state index contributed by atoms with van der Waals surface area (Å²) in [6, 6.07) is 7.88. The first-order valence-corrected chi connectivity index (χ1v) is 5.49. The molecule has 2 aromatic rings. The summed E-state index contributed by atoms with van der Waals surface area (Å²) in [5.41, 5.74) is 1.83. The van der Waals surface area contributed by atoms with Gasteiger partial charge in [-0.3, -0.25) is 0 Å². The molecule has 0 unspecified atom stereocenters. The predicted molar refractivity (Wildman–Crippen MR) is 61.1 cm³/mol. The van der Waals surface area contributed by atoms with Crippen LogP contribution in [0.4, 0.5) is 8.78 Å². The van der Waals surface area contributed by atoms with E-state index in [2.05, 4.69) is 20.9 Å². The van der Waals surface area contributed by atoms with Crippen molar-refractivity contribution in [3.05, 3.63) is 63.9 Å². The molecule has 16 heavy (non-hydrogen) atoms. The van der Waals surface area contributed by atoms with Crippen LogP contribution in [-0.4, -0.2) is 4.98 Å². The number of hydrogen-bond acceptors (Lipinski definition) is 1. The average Bonchev–Trinajstić information content (AvgIpc) is 2.27. The largest absolute Gasteiger partial charge is 0.227 e. The first kappa shape index (κ1) is 11.2. The van der Waals surface area contributed by atoms with Crippen molar-refractivity contribution in [2.24, 2.45) is 0 Å². The smallest absolute Gasteiger partial charge is 0.227 e. The average molecular weight is 284 g/mol. The van der Waals surface area contributed by atoms with Gasteiger partial charge in [0.25, 0.3) is 0 Å². The van der Waals surface area contributed by atoms with E-state index >= 15 is 0 Å². The van der Waals surface area contributed by atoms with Crippen LogP contribution in [-0.2, 0) is 6.42 Å². The SMILES string of the molecule is Fc1ccc(Cc2cnc(F)c(Br)c2)cc1. The van der Waals surface area contributed by atoms with Gasteiger partial charge in [0.1, 0.15) is 5.82 Å². The molecule has 0 bridgehead atoms. The van der Waals surface area contributed by atoms with Crippen molar-refractivity contribution >= 4 is 15.9 Å². The molecule has 0 aliphatic carbocycles. The molecule has 1 aromatic heterocycles. The van der Waals surface area contributed by atoms with E-state index in [1.54, 1.807) is 18.2 Å². The number of rotatable bonds is 2. The molecule has 1 nitrogen and oxygen atoms in total. The molecule has 1 heterocycles. The Balaban J connectivity index is 2.20. The number of aromatic nitrogens is 1. The van der Waals surface area contributed by atoms with Gasteiger partial charge < -0.3 is 0 Å². The molecule has 2 rings (SSSR count). The van der Waals surface area contributed by atoms with E-state index in [9.17, 15) is 8.78 Å². The van der Waals surface area contributed by atoms with Crippen molar-refractivity contribution in [2.75, 3.05) is 0 Å². The van der Waals surface area contributed by atoms with Crippen LogP contribution in [0.25, 0.3) is 0 Å². The van der Waals surface area contributed by atoms with E-state index in [-0.39, 0.29) is 5.82 Å². The fourth-order valence-corrected chi connectivity index (χ4v) is 1.79. The molecular weight excluding hydrogens is 276 g/mol. The van der Waals surface area contributed by atoms with Crippen molar-refractivity contribution in [3.63, 3.8) is 0 Å². The second-order valence-electron chi connectivity index (χ2n) is 3.42. The van der Waals surface area contributed by atoms with Gasteiger partial charge in [0, 0.05) is 6.20 Å². The molecule has 0 aliphatic rings. The lowest BCUT2D eigenvalue weighted by molar-refractivity contribution is 0.575. The van der Waals surface area contributed by atoms with Crippen molar-refractivity contribution in [3.8, 4) is 0 Å². The number of benzene rings is 1. The van der Waals surface area contributed by atoms with Gasteiger partial charge in [-0.05, 0) is 51.7 Å². The van der Waals surface area contributed by atoms with E-state index in [0.29, 0.717) is 10.9 Å². The topological polar surface area (TPSA) is 12.9 Å². The molecule has 0 aliphatic heterocycles. The standard InChI is InChI=1S/C12H8BrF2N/c13-11-6-9(7-16-12(11)15)5-8-1-3-10(14)4-2-8/h1-4,6-7H,5H2. The molecule has 0 saturated carbocycles. The highest BCUT2D eigenvalue weighted by atomic mass is 79.9. The minimum atomic E-state index is -0.525. The third kappa shape index (κ3) is 2.64. The molecule has 0 spiro atoms. The van der Waals surface area contributed by atoms with Crippen LogP contribution >= 0.6 is 15.9 Å². The molecule has 1 aromatic carbocycles. The minimum absolute atomic E-state index is 0.262. The van der Waals surface area contributed by atoms with Gasteiger partial charge in [-0.2, -0.15) is 4.39 Å². The van der Waals surface area contributed by atoms with Gasteiger partial charge in [-0.25, -0.2) is 9.37 Å². The molecule has 0 saturated heterocycles. The maximum atomic E-state index is 12.9. The second kappa shape index (κ2) is 4.70. The lowest BCUT2D eigenvalue weighted by atomic mass is 10.1. The van der Waals surface area contributed by atoms with E-state index in [0.717, 1.165) is 11.1 Å². The highest BCUT2D eigenvalue weighted by Gasteiger charge is 2.03. The van der Waals surface area contributed by atoms with E-state index in [1.165, 1.54) is 18.3 Å². The molecule has 0 amide bonds. The summed E-state index contributed by atoms with van der Waals surface area (Å²) in [5.74, 6) is -0.787. The molecule has 0 atom stereocenters. The Morgan fingerprint density at radius 1 is 1.06 bits per heavy atom. The summed E-state index contributed by atoms with van der Waals surface area (Å²) in [6.45, 7) is 0. The zero-order valence-electron chi connectivity index (χ0n) is 8.25. The van der Waals surface area contributed by atoms with Gasteiger partial charge >= 0.3 is 0 Å². The molecule has 0 N–H and O–H groups in total. The van der Waals surface area contributed by atoms with E-state index < -0.39 is 5.95 Å². The van der Waals surface area contributed by atoms with Gasteiger partial charge in [-0.15, -0.1) is 0 Å². The first-order chi connectivity index (χ1) is 7.65. The van der Waals surface area contributed by atoms with Crippen LogP contribution in [0, 0.1) is 11.8 Å². The van der Waals surface area contributed by atoms with Gasteiger partial charge in [0.15, 0.2) is 0 Å². The highest BCUT2D eigenvalue weighted by molar-refractivity contribution is 9.10. The molecule has 4 heteroatoms.